The van der Waals surface area contributed by atoms with Crippen molar-refractivity contribution in [3.63, 3.8) is 0 Å². The van der Waals surface area contributed by atoms with Crippen molar-refractivity contribution >= 4 is 55.7 Å². The lowest BCUT2D eigenvalue weighted by molar-refractivity contribution is -0.438. The molecule has 0 fully saturated rings. The van der Waals surface area contributed by atoms with Gasteiger partial charge in [-0.15, -0.1) is 0 Å². The second-order valence-corrected chi connectivity index (χ2v) is 22.9. The Morgan fingerprint density at radius 3 is 2.42 bits per heavy atom. The summed E-state index contributed by atoms with van der Waals surface area (Å²) < 4.78 is 42.2. The molecule has 0 bridgehead atoms. The molecule has 1 aliphatic carbocycles. The first kappa shape index (κ1) is 54.2. The van der Waals surface area contributed by atoms with Gasteiger partial charge in [0, 0.05) is 71.3 Å². The minimum Gasteiger partial charge on any atom is -0.457 e. The molecule has 0 saturated carbocycles. The van der Waals surface area contributed by atoms with E-state index in [1.165, 1.54) is 28.9 Å². The van der Waals surface area contributed by atoms with Crippen LogP contribution in [0.4, 0.5) is 22.9 Å². The number of carbonyl (C=O) groups excluding carboxylic acids is 1. The van der Waals surface area contributed by atoms with E-state index in [1.807, 2.05) is 30.3 Å². The molecule has 2 aromatic heterocycles. The largest absolute Gasteiger partial charge is 0.457 e. The molecule has 9 rings (SSSR count). The van der Waals surface area contributed by atoms with Crippen LogP contribution in [0.2, 0.25) is 0 Å². The maximum absolute atomic E-state index is 13.2. The molecule has 0 spiro atoms. The van der Waals surface area contributed by atoms with Crippen molar-refractivity contribution in [2.45, 2.75) is 110 Å². The number of aromatic amines is 1. The SMILES string of the molecule is CCCCC[N+]1=C(/C=C/C2=C(Oc3ccc(CCNC(=O)c4ccc(NCc5cnc6cc(N)[nH]c(=O)c6n5)cc4)cc3)C(=C/C=C3/N(CCCCS(=O)(=O)O)c4ccccc4C3(C)C)/CCC2)C(C)(C)c2ccccc21. The van der Waals surface area contributed by atoms with E-state index in [9.17, 15) is 22.6 Å². The Kier molecular flexibility index (Phi) is 16.4. The van der Waals surface area contributed by atoms with Gasteiger partial charge in [-0.3, -0.25) is 19.1 Å². The van der Waals surface area contributed by atoms with Gasteiger partial charge >= 0.3 is 0 Å². The van der Waals surface area contributed by atoms with Crippen LogP contribution in [0.3, 0.4) is 0 Å². The first-order valence-corrected chi connectivity index (χ1v) is 28.5. The number of nitrogen functional groups attached to an aromatic ring is 1. The average molecular weight is 1060 g/mol. The van der Waals surface area contributed by atoms with Gasteiger partial charge in [0.15, 0.2) is 11.2 Å². The fourth-order valence-corrected chi connectivity index (χ4v) is 11.5. The van der Waals surface area contributed by atoms with E-state index in [0.717, 1.165) is 83.9 Å². The second kappa shape index (κ2) is 23.3. The number of pyridine rings is 1. The Morgan fingerprint density at radius 1 is 0.896 bits per heavy atom. The maximum Gasteiger partial charge on any atom is 0.277 e. The van der Waals surface area contributed by atoms with Crippen LogP contribution in [0.5, 0.6) is 5.75 Å². The predicted molar refractivity (Wildman–Crippen MR) is 309 cm³/mol. The van der Waals surface area contributed by atoms with E-state index < -0.39 is 15.7 Å². The highest BCUT2D eigenvalue weighted by atomic mass is 32.2. The summed E-state index contributed by atoms with van der Waals surface area (Å²) in [6, 6.07) is 34.1. The first-order chi connectivity index (χ1) is 37.0. The predicted octanol–water partition coefficient (Wildman–Crippen LogP) is 11.4. The number of rotatable bonds is 21. The zero-order valence-corrected chi connectivity index (χ0v) is 45.7. The third kappa shape index (κ3) is 12.5. The lowest BCUT2D eigenvalue weighted by atomic mass is 9.81. The standard InChI is InChI=1S/C62H70N8O6S/c1-6-7-12-36-69-52-20-10-8-18-49(52)61(2,3)54(69)32-26-43-16-15-17-44(27-33-55-62(4,5)50-19-9-11-21-53(50)70(55)37-13-14-38-77(73,74)75)58(43)76-48-30-22-42(23-31-48)34-35-64-59(71)45-24-28-46(29-25-45)65-40-47-41-66-51-39-56(63)68-60(72)57(51)67-47/h8-11,18-33,39,41H,6-7,12-17,34-38,40H2,1-5H3,(H5-,63,64,65,66,68,71,72,73,74,75)/p+1. The van der Waals surface area contributed by atoms with Gasteiger partial charge in [-0.25, -0.2) is 4.98 Å². The summed E-state index contributed by atoms with van der Waals surface area (Å²) in [6.07, 6.45) is 18.3. The van der Waals surface area contributed by atoms with Gasteiger partial charge in [-0.2, -0.15) is 13.0 Å². The van der Waals surface area contributed by atoms with Crippen molar-refractivity contribution in [1.29, 1.82) is 0 Å². The van der Waals surface area contributed by atoms with Crippen molar-refractivity contribution in [1.82, 2.24) is 20.3 Å². The number of nitrogens with two attached hydrogens (primary N) is 1. The van der Waals surface area contributed by atoms with Crippen LogP contribution in [-0.2, 0) is 33.9 Å². The molecule has 6 aromatic rings. The van der Waals surface area contributed by atoms with Crippen molar-refractivity contribution in [2.24, 2.45) is 0 Å². The number of aromatic nitrogens is 3. The lowest BCUT2D eigenvalue weighted by Crippen LogP contribution is -2.28. The second-order valence-electron chi connectivity index (χ2n) is 21.3. The van der Waals surface area contributed by atoms with Crippen molar-refractivity contribution in [2.75, 3.05) is 41.3 Å². The number of amides is 1. The molecule has 2 aliphatic heterocycles. The molecule has 0 radical (unpaired) electrons. The highest BCUT2D eigenvalue weighted by molar-refractivity contribution is 7.85. The number of unbranched alkanes of at least 4 members (excludes halogenated alkanes) is 3. The van der Waals surface area contributed by atoms with Crippen LogP contribution in [0, 0.1) is 0 Å². The normalized spacial score (nSPS) is 16.9. The average Bonchev–Trinajstić information content (AvgIpc) is 3.83. The molecule has 6 N–H and O–H groups in total. The van der Waals surface area contributed by atoms with E-state index in [2.05, 4.69) is 149 Å². The molecule has 0 atom stereocenters. The van der Waals surface area contributed by atoms with Gasteiger partial charge in [0.05, 0.1) is 35.1 Å². The number of carbonyl (C=O) groups is 1. The van der Waals surface area contributed by atoms with Gasteiger partial charge < -0.3 is 31.0 Å². The minimum absolute atomic E-state index is 0.174. The Bertz CT molecular complexity index is 3500. The Hall–Kier alpha value is -7.62. The number of anilines is 3. The fourth-order valence-electron chi connectivity index (χ4n) is 10.9. The Labute approximate surface area is 452 Å². The molecule has 4 aromatic carbocycles. The summed E-state index contributed by atoms with van der Waals surface area (Å²) in [4.78, 5) is 39.2. The van der Waals surface area contributed by atoms with Gasteiger partial charge in [-0.05, 0) is 136 Å². The summed E-state index contributed by atoms with van der Waals surface area (Å²) in [5.41, 5.74) is 18.0. The van der Waals surface area contributed by atoms with Crippen LogP contribution in [0.15, 0.2) is 161 Å². The fraction of sp³-hybridized carbons (Fsp3) is 0.339. The number of nitrogens with one attached hydrogen (secondary N) is 3. The monoisotopic (exact) mass is 1060 g/mol. The maximum atomic E-state index is 13.2. The summed E-state index contributed by atoms with van der Waals surface area (Å²) in [5.74, 6) is 1.35. The summed E-state index contributed by atoms with van der Waals surface area (Å²) in [6.45, 7) is 13.7. The zero-order valence-electron chi connectivity index (χ0n) is 44.9. The smallest absolute Gasteiger partial charge is 0.277 e. The van der Waals surface area contributed by atoms with Crippen molar-refractivity contribution in [3.8, 4) is 5.75 Å². The molecule has 0 saturated heterocycles. The van der Waals surface area contributed by atoms with Gasteiger partial charge in [0.25, 0.3) is 21.6 Å². The number of nitrogens with zero attached hydrogens (tertiary/aromatic N) is 4. The third-order valence-electron chi connectivity index (χ3n) is 15.1. The summed E-state index contributed by atoms with van der Waals surface area (Å²) in [7, 11) is -4.05. The molecule has 15 heteroatoms. The number of para-hydroxylation sites is 2. The number of allylic oxidation sites excluding steroid dienone is 7. The number of benzene rings is 4. The molecule has 0 unspecified atom stereocenters. The molecule has 14 nitrogen and oxygen atoms in total. The Morgan fingerprint density at radius 2 is 1.65 bits per heavy atom. The number of hydrogen-bond acceptors (Lipinski definition) is 10. The van der Waals surface area contributed by atoms with Gasteiger partial charge in [-0.1, -0.05) is 81.8 Å². The van der Waals surface area contributed by atoms with E-state index in [4.69, 9.17) is 10.5 Å². The zero-order chi connectivity index (χ0) is 54.3. The summed E-state index contributed by atoms with van der Waals surface area (Å²) in [5, 5.41) is 6.33. The van der Waals surface area contributed by atoms with Crippen LogP contribution in [0.25, 0.3) is 11.0 Å². The molecule has 1 amide bonds. The number of hydrogen-bond donors (Lipinski definition) is 5. The topological polar surface area (TPSA) is 196 Å². The highest BCUT2D eigenvalue weighted by Gasteiger charge is 2.44. The van der Waals surface area contributed by atoms with E-state index in [1.54, 1.807) is 24.4 Å². The lowest BCUT2D eigenvalue weighted by Gasteiger charge is -2.27. The molecule has 400 valence electrons. The van der Waals surface area contributed by atoms with E-state index in [-0.39, 0.29) is 33.8 Å². The van der Waals surface area contributed by atoms with E-state index >= 15 is 0 Å². The molecule has 77 heavy (non-hydrogen) atoms. The van der Waals surface area contributed by atoms with Crippen LogP contribution in [-0.4, -0.2) is 69.5 Å². The number of H-pyrrole nitrogens is 1. The number of fused-ring (bicyclic) bond motifs is 3. The molecular weight excluding hydrogens is 985 g/mol. The van der Waals surface area contributed by atoms with Gasteiger partial charge in [0.2, 0.25) is 5.69 Å². The third-order valence-corrected chi connectivity index (χ3v) is 15.9. The van der Waals surface area contributed by atoms with Crippen LogP contribution < -0.4 is 31.6 Å². The van der Waals surface area contributed by atoms with Gasteiger partial charge in [0.1, 0.15) is 23.9 Å². The Balaban J connectivity index is 0.930. The quantitative estimate of drug-likeness (QED) is 0.0261. The number of ether oxygens (including phenoxy) is 1. The van der Waals surface area contributed by atoms with Crippen molar-refractivity contribution in [3.05, 3.63) is 195 Å². The van der Waals surface area contributed by atoms with Crippen LogP contribution >= 0.6 is 0 Å². The summed E-state index contributed by atoms with van der Waals surface area (Å²) >= 11 is 0. The molecule has 3 aliphatic rings. The van der Waals surface area contributed by atoms with Crippen molar-refractivity contribution < 1.29 is 27.1 Å². The molecular formula is C62H71N8O6S+. The molecule has 4 heterocycles. The highest BCUT2D eigenvalue weighted by Crippen LogP contribution is 2.48. The first-order valence-electron chi connectivity index (χ1n) is 26.9. The van der Waals surface area contributed by atoms with E-state index in [0.29, 0.717) is 55.7 Å². The minimum atomic E-state index is -4.05. The van der Waals surface area contributed by atoms with Crippen LogP contribution in [0.1, 0.15) is 119 Å².